The van der Waals surface area contributed by atoms with E-state index in [1.54, 1.807) is 14.2 Å². The maximum Gasteiger partial charge on any atom is 0.327 e. The van der Waals surface area contributed by atoms with Gasteiger partial charge in [-0.25, -0.2) is 4.79 Å². The highest BCUT2D eigenvalue weighted by atomic mass is 16.6. The van der Waals surface area contributed by atoms with Crippen molar-refractivity contribution >= 4 is 5.97 Å². The van der Waals surface area contributed by atoms with Crippen LogP contribution in [0.1, 0.15) is 0 Å². The quantitative estimate of drug-likeness (QED) is 0.353. The minimum Gasteiger partial charge on any atom is -0.478 e. The van der Waals surface area contributed by atoms with E-state index in [-0.39, 0.29) is 13.2 Å². The van der Waals surface area contributed by atoms with Crippen LogP contribution in [0.3, 0.4) is 0 Å². The van der Waals surface area contributed by atoms with Crippen molar-refractivity contribution in [3.8, 4) is 0 Å². The number of hydrogen-bond donors (Lipinski definition) is 4. The normalized spacial score (nSPS) is 8.38. The number of carboxylic acid groups (broad SMARTS) is 1. The summed E-state index contributed by atoms with van der Waals surface area (Å²) in [4.78, 5) is 9.25. The van der Waals surface area contributed by atoms with Gasteiger partial charge in [-0.05, 0) is 0 Å². The molecule has 0 aromatic carbocycles. The molecule has 0 heterocycles. The van der Waals surface area contributed by atoms with Crippen molar-refractivity contribution in [3.05, 3.63) is 12.7 Å². The van der Waals surface area contributed by atoms with Crippen LogP contribution in [-0.2, 0) is 14.3 Å². The first-order valence-corrected chi connectivity index (χ1v) is 4.23. The number of ether oxygens (including phenoxy) is 2. The van der Waals surface area contributed by atoms with Crippen LogP contribution in [0.5, 0.6) is 0 Å². The predicted octanol–water partition coefficient (Wildman–Crippen LogP) is -1.17. The molecular formula is C9H20O7. The van der Waals surface area contributed by atoms with Gasteiger partial charge in [0.15, 0.2) is 0 Å². The third-order valence-corrected chi connectivity index (χ3v) is 0.832. The van der Waals surface area contributed by atoms with Crippen LogP contribution in [-0.4, -0.2) is 66.7 Å². The highest BCUT2D eigenvalue weighted by Gasteiger charge is 1.93. The molecule has 4 N–H and O–H groups in total. The van der Waals surface area contributed by atoms with Gasteiger partial charge >= 0.3 is 5.97 Å². The van der Waals surface area contributed by atoms with Crippen LogP contribution in [0.15, 0.2) is 12.7 Å². The lowest BCUT2D eigenvalue weighted by molar-refractivity contribution is -0.131. The highest BCUT2D eigenvalue weighted by molar-refractivity contribution is 5.78. The molecule has 0 aliphatic heterocycles. The van der Waals surface area contributed by atoms with E-state index in [0.29, 0.717) is 6.79 Å². The minimum atomic E-state index is -0.981. The Morgan fingerprint density at radius 2 is 1.62 bits per heavy atom. The summed E-state index contributed by atoms with van der Waals surface area (Å²) in [6, 6.07) is 0. The van der Waals surface area contributed by atoms with Crippen LogP contribution in [0.4, 0.5) is 0 Å². The van der Waals surface area contributed by atoms with Crippen LogP contribution in [0.2, 0.25) is 0 Å². The van der Waals surface area contributed by atoms with Crippen molar-refractivity contribution in [1.29, 1.82) is 0 Å². The summed E-state index contributed by atoms with van der Waals surface area (Å²) in [7, 11) is 3.17. The molecule has 0 rings (SSSR count). The second kappa shape index (κ2) is 19.6. The van der Waals surface area contributed by atoms with E-state index in [9.17, 15) is 4.79 Å². The van der Waals surface area contributed by atoms with Gasteiger partial charge in [-0.15, -0.1) is 0 Å². The van der Waals surface area contributed by atoms with E-state index in [0.717, 1.165) is 6.08 Å². The number of aliphatic carboxylic acids is 1. The molecule has 0 spiro atoms. The Hall–Kier alpha value is -0.990. The summed E-state index contributed by atoms with van der Waals surface area (Å²) in [6.45, 7) is 2.62. The number of rotatable bonds is 5. The second-order valence-corrected chi connectivity index (χ2v) is 2.26. The lowest BCUT2D eigenvalue weighted by Crippen LogP contribution is -2.15. The first-order valence-electron chi connectivity index (χ1n) is 4.23. The lowest BCUT2D eigenvalue weighted by atomic mass is 10.4. The third-order valence-electron chi connectivity index (χ3n) is 0.832. The first kappa shape index (κ1) is 20.4. The van der Waals surface area contributed by atoms with E-state index in [4.69, 9.17) is 20.4 Å². The molecule has 7 nitrogen and oxygen atoms in total. The molecule has 0 aromatic heterocycles. The Labute approximate surface area is 94.5 Å². The molecule has 98 valence electrons. The second-order valence-electron chi connectivity index (χ2n) is 2.26. The Bertz CT molecular complexity index is 143. The summed E-state index contributed by atoms with van der Waals surface area (Å²) >= 11 is 0. The smallest absolute Gasteiger partial charge is 0.327 e. The van der Waals surface area contributed by atoms with Crippen LogP contribution in [0.25, 0.3) is 0 Å². The minimum absolute atomic E-state index is 0.365. The molecule has 0 saturated heterocycles. The average Bonchev–Trinajstić information content (AvgIpc) is 2.30. The van der Waals surface area contributed by atoms with Crippen molar-refractivity contribution in [3.63, 3.8) is 0 Å². The van der Waals surface area contributed by atoms with Crippen molar-refractivity contribution in [2.75, 3.05) is 34.2 Å². The number of methoxy groups -OCH3 is 2. The zero-order chi connectivity index (χ0) is 13.4. The number of aliphatic hydroxyl groups is 3. The molecule has 0 amide bonds. The van der Waals surface area contributed by atoms with Gasteiger partial charge < -0.3 is 29.9 Å². The van der Waals surface area contributed by atoms with Gasteiger partial charge in [0, 0.05) is 20.3 Å². The average molecular weight is 240 g/mol. The van der Waals surface area contributed by atoms with Crippen molar-refractivity contribution in [2.24, 2.45) is 0 Å². The van der Waals surface area contributed by atoms with E-state index in [2.05, 4.69) is 16.1 Å². The zero-order valence-corrected chi connectivity index (χ0v) is 9.50. The van der Waals surface area contributed by atoms with E-state index >= 15 is 0 Å². The summed E-state index contributed by atoms with van der Waals surface area (Å²) in [5, 5.41) is 31.6. The third kappa shape index (κ3) is 38.2. The molecule has 0 aliphatic carbocycles. The fourth-order valence-electron chi connectivity index (χ4n) is 0.176. The van der Waals surface area contributed by atoms with Crippen molar-refractivity contribution < 1.29 is 34.7 Å². The molecule has 0 fully saturated rings. The lowest BCUT2D eigenvalue weighted by Gasteiger charge is -1.96. The van der Waals surface area contributed by atoms with Crippen LogP contribution < -0.4 is 0 Å². The number of carboxylic acids is 1. The Morgan fingerprint density at radius 1 is 1.31 bits per heavy atom. The fraction of sp³-hybridized carbons (Fsp3) is 0.667. The SMILES string of the molecule is C=CC(=O)O.COCOC.OCC(O)CO. The monoisotopic (exact) mass is 240 g/mol. The van der Waals surface area contributed by atoms with Gasteiger partial charge in [0.25, 0.3) is 0 Å². The molecule has 7 heteroatoms. The molecule has 0 bridgehead atoms. The van der Waals surface area contributed by atoms with Gasteiger partial charge in [-0.3, -0.25) is 0 Å². The number of carbonyl (C=O) groups is 1. The molecule has 0 aliphatic rings. The standard InChI is InChI=1S/C3H8O3.C3H8O2.C3H4O2/c4-1-3(6)2-5;1-4-3-5-2;1-2-3(4)5/h3-6H,1-2H2;3H2,1-2H3;2H,1H2,(H,4,5). The van der Waals surface area contributed by atoms with Crippen molar-refractivity contribution in [1.82, 2.24) is 0 Å². The van der Waals surface area contributed by atoms with E-state index in [1.165, 1.54) is 0 Å². The largest absolute Gasteiger partial charge is 0.478 e. The van der Waals surface area contributed by atoms with Crippen LogP contribution >= 0.6 is 0 Å². The first-order chi connectivity index (χ1) is 7.49. The summed E-state index contributed by atoms with van der Waals surface area (Å²) < 4.78 is 8.94. The van der Waals surface area contributed by atoms with Gasteiger partial charge in [-0.2, -0.15) is 0 Å². The fourth-order valence-corrected chi connectivity index (χ4v) is 0.176. The maximum absolute atomic E-state index is 9.25. The molecule has 0 atom stereocenters. The molecule has 0 aromatic rings. The Morgan fingerprint density at radius 3 is 1.62 bits per heavy atom. The Balaban J connectivity index is -0.000000160. The summed E-state index contributed by atoms with van der Waals surface area (Å²) in [5.74, 6) is -0.981. The molecule has 0 unspecified atom stereocenters. The number of aliphatic hydroxyl groups excluding tert-OH is 3. The maximum atomic E-state index is 9.25. The zero-order valence-electron chi connectivity index (χ0n) is 9.50. The van der Waals surface area contributed by atoms with E-state index in [1.807, 2.05) is 0 Å². The van der Waals surface area contributed by atoms with Gasteiger partial charge in [0.2, 0.25) is 0 Å². The van der Waals surface area contributed by atoms with E-state index < -0.39 is 12.1 Å². The summed E-state index contributed by atoms with van der Waals surface area (Å²) in [6.07, 6.45) is -0.120. The molecule has 16 heavy (non-hydrogen) atoms. The molecule has 0 saturated carbocycles. The van der Waals surface area contributed by atoms with Gasteiger partial charge in [-0.1, -0.05) is 6.58 Å². The van der Waals surface area contributed by atoms with Crippen molar-refractivity contribution in [2.45, 2.75) is 6.10 Å². The molecular weight excluding hydrogens is 220 g/mol. The molecule has 0 radical (unpaired) electrons. The topological polar surface area (TPSA) is 116 Å². The number of hydrogen-bond acceptors (Lipinski definition) is 6. The Kier molecular flexibility index (Phi) is 25.0. The predicted molar refractivity (Wildman–Crippen MR) is 56.9 cm³/mol. The van der Waals surface area contributed by atoms with Gasteiger partial charge in [0.1, 0.15) is 12.9 Å². The highest BCUT2D eigenvalue weighted by Crippen LogP contribution is 1.71. The summed E-state index contributed by atoms with van der Waals surface area (Å²) in [5.41, 5.74) is 0. The van der Waals surface area contributed by atoms with Crippen LogP contribution in [0, 0.1) is 0 Å². The van der Waals surface area contributed by atoms with Gasteiger partial charge in [0.05, 0.1) is 13.2 Å².